The van der Waals surface area contributed by atoms with Crippen molar-refractivity contribution in [2.45, 2.75) is 13.5 Å². The fourth-order valence-electron chi connectivity index (χ4n) is 2.62. The molecule has 0 amide bonds. The number of nitrogens with zero attached hydrogens (tertiary/aromatic N) is 6. The first-order valence-corrected chi connectivity index (χ1v) is 7.86. The summed E-state index contributed by atoms with van der Waals surface area (Å²) in [4.78, 5) is 13.3. The first kappa shape index (κ1) is 14.5. The van der Waals surface area contributed by atoms with Gasteiger partial charge in [-0.05, 0) is 28.9 Å². The lowest BCUT2D eigenvalue weighted by Crippen LogP contribution is -2.46. The predicted octanol–water partition coefficient (Wildman–Crippen LogP) is 1.60. The Morgan fingerprint density at radius 3 is 2.38 bits per heavy atom. The van der Waals surface area contributed by atoms with Crippen LogP contribution in [0.3, 0.4) is 0 Å². The zero-order valence-electron chi connectivity index (χ0n) is 12.3. The van der Waals surface area contributed by atoms with E-state index in [4.69, 9.17) is 0 Å². The highest BCUT2D eigenvalue weighted by Gasteiger charge is 2.21. The summed E-state index contributed by atoms with van der Waals surface area (Å²) in [7, 11) is 2.00. The number of halogens is 1. The van der Waals surface area contributed by atoms with Crippen molar-refractivity contribution in [3.8, 4) is 0 Å². The van der Waals surface area contributed by atoms with Crippen LogP contribution in [-0.2, 0) is 13.6 Å². The first-order chi connectivity index (χ1) is 10.1. The van der Waals surface area contributed by atoms with E-state index >= 15 is 0 Å². The van der Waals surface area contributed by atoms with E-state index in [2.05, 4.69) is 40.8 Å². The van der Waals surface area contributed by atoms with Gasteiger partial charge in [-0.1, -0.05) is 0 Å². The summed E-state index contributed by atoms with van der Waals surface area (Å²) in [6.07, 6.45) is 3.59. The fraction of sp³-hybridized carbons (Fsp3) is 0.500. The smallest absolute Gasteiger partial charge is 0.225 e. The molecule has 0 aromatic carbocycles. The van der Waals surface area contributed by atoms with Gasteiger partial charge in [0.1, 0.15) is 0 Å². The number of hydrogen-bond acceptors (Lipinski definition) is 5. The standard InChI is InChI=1S/C14H19BrN6/c1-11-13(15)12(19(2)18-11)10-20-6-8-21(9-7-20)14-16-4-3-5-17-14/h3-5H,6-10H2,1-2H3. The number of hydrogen-bond donors (Lipinski definition) is 0. The van der Waals surface area contributed by atoms with Gasteiger partial charge in [0.25, 0.3) is 0 Å². The van der Waals surface area contributed by atoms with Crippen molar-refractivity contribution in [1.82, 2.24) is 24.6 Å². The first-order valence-electron chi connectivity index (χ1n) is 7.07. The minimum Gasteiger partial charge on any atom is -0.338 e. The van der Waals surface area contributed by atoms with Crippen molar-refractivity contribution in [2.75, 3.05) is 31.1 Å². The summed E-state index contributed by atoms with van der Waals surface area (Å²) in [5.41, 5.74) is 2.28. The molecule has 0 spiro atoms. The van der Waals surface area contributed by atoms with Crippen molar-refractivity contribution in [1.29, 1.82) is 0 Å². The Bertz CT molecular complexity index is 603. The summed E-state index contributed by atoms with van der Waals surface area (Å²) >= 11 is 3.64. The highest BCUT2D eigenvalue weighted by molar-refractivity contribution is 9.10. The summed E-state index contributed by atoms with van der Waals surface area (Å²) in [5, 5.41) is 4.45. The maximum atomic E-state index is 4.45. The third-order valence-corrected chi connectivity index (χ3v) is 4.87. The van der Waals surface area contributed by atoms with Gasteiger partial charge in [-0.2, -0.15) is 5.10 Å². The molecule has 3 heterocycles. The zero-order valence-corrected chi connectivity index (χ0v) is 13.9. The van der Waals surface area contributed by atoms with E-state index in [1.54, 1.807) is 12.4 Å². The third kappa shape index (κ3) is 3.08. The third-order valence-electron chi connectivity index (χ3n) is 3.84. The monoisotopic (exact) mass is 350 g/mol. The minimum atomic E-state index is 0.828. The number of rotatable bonds is 3. The average Bonchev–Trinajstić information content (AvgIpc) is 2.75. The topological polar surface area (TPSA) is 50.1 Å². The van der Waals surface area contributed by atoms with Crippen molar-refractivity contribution in [3.05, 3.63) is 34.3 Å². The van der Waals surface area contributed by atoms with E-state index in [0.717, 1.165) is 48.8 Å². The van der Waals surface area contributed by atoms with Crippen molar-refractivity contribution in [2.24, 2.45) is 7.05 Å². The van der Waals surface area contributed by atoms with E-state index in [0.29, 0.717) is 0 Å². The van der Waals surface area contributed by atoms with Crippen LogP contribution in [0.15, 0.2) is 22.9 Å². The second-order valence-electron chi connectivity index (χ2n) is 5.28. The lowest BCUT2D eigenvalue weighted by Gasteiger charge is -2.34. The molecule has 0 bridgehead atoms. The molecule has 0 N–H and O–H groups in total. The lowest BCUT2D eigenvalue weighted by atomic mass is 10.3. The largest absolute Gasteiger partial charge is 0.338 e. The molecule has 0 unspecified atom stereocenters. The SMILES string of the molecule is Cc1nn(C)c(CN2CCN(c3ncccn3)CC2)c1Br. The Labute approximate surface area is 132 Å². The van der Waals surface area contributed by atoms with Crippen LogP contribution in [-0.4, -0.2) is 50.8 Å². The van der Waals surface area contributed by atoms with Gasteiger partial charge in [0.05, 0.1) is 15.9 Å². The Hall–Kier alpha value is -1.47. The molecule has 0 radical (unpaired) electrons. The van der Waals surface area contributed by atoms with Gasteiger partial charge >= 0.3 is 0 Å². The Kier molecular flexibility index (Phi) is 4.21. The maximum absolute atomic E-state index is 4.45. The van der Waals surface area contributed by atoms with Crippen LogP contribution in [0.1, 0.15) is 11.4 Å². The predicted molar refractivity (Wildman–Crippen MR) is 85.2 cm³/mol. The number of aromatic nitrogens is 4. The van der Waals surface area contributed by atoms with Gasteiger partial charge in [0.15, 0.2) is 0 Å². The second kappa shape index (κ2) is 6.11. The van der Waals surface area contributed by atoms with Gasteiger partial charge in [-0.15, -0.1) is 0 Å². The molecular formula is C14H19BrN6. The van der Waals surface area contributed by atoms with Crippen LogP contribution < -0.4 is 4.90 Å². The highest BCUT2D eigenvalue weighted by Crippen LogP contribution is 2.22. The van der Waals surface area contributed by atoms with Gasteiger partial charge in [-0.25, -0.2) is 9.97 Å². The van der Waals surface area contributed by atoms with Crippen LogP contribution >= 0.6 is 15.9 Å². The molecule has 1 saturated heterocycles. The van der Waals surface area contributed by atoms with E-state index in [9.17, 15) is 0 Å². The summed E-state index contributed by atoms with van der Waals surface area (Å²) in [6, 6.07) is 1.85. The van der Waals surface area contributed by atoms with Crippen LogP contribution in [0.2, 0.25) is 0 Å². The minimum absolute atomic E-state index is 0.828. The van der Waals surface area contributed by atoms with E-state index in [-0.39, 0.29) is 0 Å². The molecule has 0 saturated carbocycles. The molecule has 21 heavy (non-hydrogen) atoms. The maximum Gasteiger partial charge on any atom is 0.225 e. The molecule has 3 rings (SSSR count). The fourth-order valence-corrected chi connectivity index (χ4v) is 3.09. The van der Waals surface area contributed by atoms with E-state index in [1.165, 1.54) is 5.69 Å². The summed E-state index contributed by atoms with van der Waals surface area (Å²) < 4.78 is 3.09. The lowest BCUT2D eigenvalue weighted by molar-refractivity contribution is 0.242. The Morgan fingerprint density at radius 1 is 1.14 bits per heavy atom. The molecule has 2 aromatic heterocycles. The van der Waals surface area contributed by atoms with E-state index < -0.39 is 0 Å². The molecule has 1 fully saturated rings. The highest BCUT2D eigenvalue weighted by atomic mass is 79.9. The zero-order chi connectivity index (χ0) is 14.8. The normalized spacial score (nSPS) is 16.4. The summed E-state index contributed by atoms with van der Waals surface area (Å²) in [6.45, 7) is 6.88. The van der Waals surface area contributed by atoms with Gasteiger partial charge < -0.3 is 4.90 Å². The molecule has 2 aromatic rings. The van der Waals surface area contributed by atoms with Crippen molar-refractivity contribution >= 4 is 21.9 Å². The average molecular weight is 351 g/mol. The van der Waals surface area contributed by atoms with Gasteiger partial charge in [0.2, 0.25) is 5.95 Å². The number of piperazine rings is 1. The van der Waals surface area contributed by atoms with Crippen molar-refractivity contribution in [3.63, 3.8) is 0 Å². The van der Waals surface area contributed by atoms with E-state index in [1.807, 2.05) is 24.7 Å². The molecule has 112 valence electrons. The Balaban J connectivity index is 1.61. The van der Waals surface area contributed by atoms with Crippen LogP contribution in [0, 0.1) is 6.92 Å². The van der Waals surface area contributed by atoms with Gasteiger partial charge in [-0.3, -0.25) is 9.58 Å². The summed E-state index contributed by atoms with van der Waals surface area (Å²) in [5.74, 6) is 0.828. The molecule has 7 heteroatoms. The van der Waals surface area contributed by atoms with Crippen LogP contribution in [0.25, 0.3) is 0 Å². The molecule has 0 aliphatic carbocycles. The molecule has 0 atom stereocenters. The molecule has 1 aliphatic heterocycles. The van der Waals surface area contributed by atoms with Crippen molar-refractivity contribution < 1.29 is 0 Å². The number of anilines is 1. The van der Waals surface area contributed by atoms with Gasteiger partial charge in [0, 0.05) is 52.2 Å². The molecule has 1 aliphatic rings. The van der Waals surface area contributed by atoms with Crippen LogP contribution in [0.5, 0.6) is 0 Å². The molecular weight excluding hydrogens is 332 g/mol. The molecule has 6 nitrogen and oxygen atoms in total. The number of aryl methyl sites for hydroxylation is 2. The second-order valence-corrected chi connectivity index (χ2v) is 6.07. The Morgan fingerprint density at radius 2 is 1.81 bits per heavy atom. The quantitative estimate of drug-likeness (QED) is 0.841. The van der Waals surface area contributed by atoms with Crippen LogP contribution in [0.4, 0.5) is 5.95 Å².